The number of rotatable bonds is 3. The van der Waals surface area contributed by atoms with Crippen LogP contribution < -0.4 is 16.0 Å². The lowest BCUT2D eigenvalue weighted by Crippen LogP contribution is -2.64. The molecule has 0 aliphatic carbocycles. The number of hydrogen-bond donors (Lipinski definition) is 3. The van der Waals surface area contributed by atoms with E-state index in [0.29, 0.717) is 31.8 Å². The zero-order valence-electron chi connectivity index (χ0n) is 14.8. The molecule has 0 saturated carbocycles. The Balaban J connectivity index is 1.67. The molecule has 3 N–H and O–H groups in total. The number of carbonyl (C=O) groups excluding carboxylic acids is 4. The highest BCUT2D eigenvalue weighted by molar-refractivity contribution is 7.99. The molecule has 0 bridgehead atoms. The molecule has 0 spiro atoms. The first-order valence-corrected chi connectivity index (χ1v) is 10.1. The van der Waals surface area contributed by atoms with E-state index in [1.807, 2.05) is 0 Å². The molecular formula is C16H25N5O4S. The first-order chi connectivity index (χ1) is 12.5. The van der Waals surface area contributed by atoms with Gasteiger partial charge in [-0.1, -0.05) is 0 Å². The maximum atomic E-state index is 12.8. The maximum Gasteiger partial charge on any atom is 0.245 e. The molecule has 144 valence electrons. The summed E-state index contributed by atoms with van der Waals surface area (Å²) in [6.07, 6.45) is 1.38. The third-order valence-electron chi connectivity index (χ3n) is 5.02. The summed E-state index contributed by atoms with van der Waals surface area (Å²) in [5.41, 5.74) is 0. The van der Waals surface area contributed by atoms with Crippen LogP contribution >= 0.6 is 11.8 Å². The Bertz CT molecular complexity index is 595. The minimum Gasteiger partial charge on any atom is -0.354 e. The highest BCUT2D eigenvalue weighted by Gasteiger charge is 2.39. The fourth-order valence-corrected chi connectivity index (χ4v) is 4.47. The van der Waals surface area contributed by atoms with Crippen molar-refractivity contribution in [3.05, 3.63) is 0 Å². The van der Waals surface area contributed by atoms with E-state index in [2.05, 4.69) is 16.0 Å². The van der Waals surface area contributed by atoms with Crippen LogP contribution in [0.2, 0.25) is 0 Å². The molecule has 0 aromatic heterocycles. The summed E-state index contributed by atoms with van der Waals surface area (Å²) >= 11 is 1.66. The highest BCUT2D eigenvalue weighted by atomic mass is 32.2. The lowest BCUT2D eigenvalue weighted by Gasteiger charge is -2.41. The van der Waals surface area contributed by atoms with E-state index in [0.717, 1.165) is 12.3 Å². The van der Waals surface area contributed by atoms with Crippen molar-refractivity contribution in [3.63, 3.8) is 0 Å². The quantitative estimate of drug-likeness (QED) is 0.525. The molecule has 3 heterocycles. The molecule has 3 aliphatic rings. The molecule has 0 radical (unpaired) electrons. The zero-order valence-corrected chi connectivity index (χ0v) is 15.6. The number of piperidine rings is 1. The molecular weight excluding hydrogens is 358 g/mol. The number of amides is 4. The SMILES string of the molecule is CC(=O)N1CCN(C(=O)C2CSCN2)CC1C(=O)NC1CCCNC1=O. The molecule has 26 heavy (non-hydrogen) atoms. The average molecular weight is 383 g/mol. The number of hydrogen-bond acceptors (Lipinski definition) is 6. The second kappa shape index (κ2) is 8.26. The zero-order chi connectivity index (χ0) is 18.7. The van der Waals surface area contributed by atoms with Crippen LogP contribution in [0, 0.1) is 0 Å². The Morgan fingerprint density at radius 2 is 2.08 bits per heavy atom. The van der Waals surface area contributed by atoms with Gasteiger partial charge in [-0.2, -0.15) is 0 Å². The number of piperazine rings is 1. The van der Waals surface area contributed by atoms with Gasteiger partial charge in [0.2, 0.25) is 23.6 Å². The molecule has 3 unspecified atom stereocenters. The second-order valence-electron chi connectivity index (χ2n) is 6.78. The summed E-state index contributed by atoms with van der Waals surface area (Å²) in [6.45, 7) is 2.91. The van der Waals surface area contributed by atoms with Crippen LogP contribution in [0.25, 0.3) is 0 Å². The molecule has 3 fully saturated rings. The third-order valence-corrected chi connectivity index (χ3v) is 5.96. The topological polar surface area (TPSA) is 111 Å². The number of nitrogens with one attached hydrogen (secondary N) is 3. The molecule has 10 heteroatoms. The van der Waals surface area contributed by atoms with Gasteiger partial charge in [0.1, 0.15) is 12.1 Å². The Hall–Kier alpha value is -1.81. The minimum atomic E-state index is -0.769. The first-order valence-electron chi connectivity index (χ1n) is 8.92. The van der Waals surface area contributed by atoms with Crippen molar-refractivity contribution in [2.75, 3.05) is 37.8 Å². The van der Waals surface area contributed by atoms with Crippen LogP contribution in [-0.4, -0.2) is 89.4 Å². The van der Waals surface area contributed by atoms with E-state index in [9.17, 15) is 19.2 Å². The van der Waals surface area contributed by atoms with Crippen molar-refractivity contribution in [2.24, 2.45) is 0 Å². The van der Waals surface area contributed by atoms with Gasteiger partial charge in [0.05, 0.1) is 12.6 Å². The molecule has 0 aromatic rings. The van der Waals surface area contributed by atoms with Gasteiger partial charge in [-0.15, -0.1) is 11.8 Å². The van der Waals surface area contributed by atoms with Gasteiger partial charge < -0.3 is 20.4 Å². The average Bonchev–Trinajstić information content (AvgIpc) is 3.17. The molecule has 0 aromatic carbocycles. The van der Waals surface area contributed by atoms with E-state index < -0.39 is 12.1 Å². The smallest absolute Gasteiger partial charge is 0.245 e. The predicted octanol–water partition coefficient (Wildman–Crippen LogP) is -1.90. The van der Waals surface area contributed by atoms with Gasteiger partial charge >= 0.3 is 0 Å². The number of carbonyl (C=O) groups is 4. The fourth-order valence-electron chi connectivity index (χ4n) is 3.54. The van der Waals surface area contributed by atoms with Crippen molar-refractivity contribution in [1.29, 1.82) is 0 Å². The molecule has 3 atom stereocenters. The summed E-state index contributed by atoms with van der Waals surface area (Å²) < 4.78 is 0. The van der Waals surface area contributed by atoms with Crippen molar-refractivity contribution >= 4 is 35.4 Å². The normalized spacial score (nSPS) is 29.3. The maximum absolute atomic E-state index is 12.8. The van der Waals surface area contributed by atoms with Gasteiger partial charge in [-0.25, -0.2) is 0 Å². The molecule has 9 nitrogen and oxygen atoms in total. The second-order valence-corrected chi connectivity index (χ2v) is 7.81. The molecule has 3 rings (SSSR count). The third kappa shape index (κ3) is 4.12. The van der Waals surface area contributed by atoms with Crippen LogP contribution in [0.3, 0.4) is 0 Å². The molecule has 3 aliphatic heterocycles. The van der Waals surface area contributed by atoms with Crippen LogP contribution in [-0.2, 0) is 19.2 Å². The predicted molar refractivity (Wildman–Crippen MR) is 96.2 cm³/mol. The summed E-state index contributed by atoms with van der Waals surface area (Å²) in [4.78, 5) is 52.4. The van der Waals surface area contributed by atoms with Crippen LogP contribution in [0.4, 0.5) is 0 Å². The van der Waals surface area contributed by atoms with E-state index in [1.54, 1.807) is 16.7 Å². The number of nitrogens with zero attached hydrogens (tertiary/aromatic N) is 2. The van der Waals surface area contributed by atoms with Gasteiger partial charge in [0, 0.05) is 38.2 Å². The largest absolute Gasteiger partial charge is 0.354 e. The Kier molecular flexibility index (Phi) is 6.02. The Labute approximate surface area is 156 Å². The lowest BCUT2D eigenvalue weighted by atomic mass is 10.0. The highest BCUT2D eigenvalue weighted by Crippen LogP contribution is 2.17. The van der Waals surface area contributed by atoms with Gasteiger partial charge in [0.25, 0.3) is 0 Å². The Morgan fingerprint density at radius 1 is 1.27 bits per heavy atom. The first kappa shape index (κ1) is 19.0. The van der Waals surface area contributed by atoms with Crippen molar-refractivity contribution in [2.45, 2.75) is 37.9 Å². The van der Waals surface area contributed by atoms with Gasteiger partial charge in [-0.3, -0.25) is 24.5 Å². The van der Waals surface area contributed by atoms with Crippen molar-refractivity contribution in [1.82, 2.24) is 25.8 Å². The standard InChI is InChI=1S/C16H25N5O4S/c1-10(22)21-6-5-20(16(25)12-8-26-9-18-12)7-13(21)15(24)19-11-3-2-4-17-14(11)23/h11-13,18H,2-9H2,1H3,(H,17,23)(H,19,24). The van der Waals surface area contributed by atoms with E-state index in [-0.39, 0.29) is 36.2 Å². The summed E-state index contributed by atoms with van der Waals surface area (Å²) in [7, 11) is 0. The Morgan fingerprint density at radius 3 is 2.73 bits per heavy atom. The van der Waals surface area contributed by atoms with Crippen LogP contribution in [0.15, 0.2) is 0 Å². The fraction of sp³-hybridized carbons (Fsp3) is 0.750. The monoisotopic (exact) mass is 383 g/mol. The van der Waals surface area contributed by atoms with Gasteiger partial charge in [-0.05, 0) is 12.8 Å². The number of thioether (sulfide) groups is 1. The van der Waals surface area contributed by atoms with Gasteiger partial charge in [0.15, 0.2) is 0 Å². The van der Waals surface area contributed by atoms with Crippen molar-refractivity contribution < 1.29 is 19.2 Å². The lowest BCUT2D eigenvalue weighted by molar-refractivity contribution is -0.148. The van der Waals surface area contributed by atoms with Crippen molar-refractivity contribution in [3.8, 4) is 0 Å². The van der Waals surface area contributed by atoms with E-state index in [4.69, 9.17) is 0 Å². The minimum absolute atomic E-state index is 0.0357. The summed E-state index contributed by atoms with van der Waals surface area (Å²) in [5, 5.41) is 8.62. The summed E-state index contributed by atoms with van der Waals surface area (Å²) in [6, 6.07) is -1.59. The van der Waals surface area contributed by atoms with Crippen LogP contribution in [0.1, 0.15) is 19.8 Å². The van der Waals surface area contributed by atoms with E-state index in [1.165, 1.54) is 11.8 Å². The molecule has 4 amide bonds. The summed E-state index contributed by atoms with van der Waals surface area (Å²) in [5.74, 6) is 0.629. The van der Waals surface area contributed by atoms with E-state index >= 15 is 0 Å². The molecule has 3 saturated heterocycles. The van der Waals surface area contributed by atoms with Crippen LogP contribution in [0.5, 0.6) is 0 Å².